The molecule has 2 nitrogen and oxygen atoms in total. The molecular weight excluding hydrogens is 196 g/mol. The van der Waals surface area contributed by atoms with E-state index in [-0.39, 0.29) is 5.41 Å². The Labute approximate surface area is 98.5 Å². The Morgan fingerprint density at radius 2 is 1.88 bits per heavy atom. The van der Waals surface area contributed by atoms with Crippen LogP contribution in [0.1, 0.15) is 50.9 Å². The monoisotopic (exact) mass is 218 g/mol. The molecule has 2 rings (SSSR count). The molecule has 1 saturated heterocycles. The Hall–Kier alpha value is -0.890. The molecule has 1 N–H and O–H groups in total. The molecule has 0 radical (unpaired) electrons. The van der Waals surface area contributed by atoms with Crippen molar-refractivity contribution in [1.29, 1.82) is 0 Å². The van der Waals surface area contributed by atoms with Crippen molar-refractivity contribution in [2.24, 2.45) is 0 Å². The number of nitrogens with one attached hydrogen (secondary N) is 1. The van der Waals surface area contributed by atoms with Crippen molar-refractivity contribution >= 4 is 0 Å². The van der Waals surface area contributed by atoms with Gasteiger partial charge in [0.1, 0.15) is 0 Å². The zero-order valence-corrected chi connectivity index (χ0v) is 10.6. The first-order chi connectivity index (χ1) is 7.57. The van der Waals surface area contributed by atoms with E-state index in [1.165, 1.54) is 24.2 Å². The van der Waals surface area contributed by atoms with Gasteiger partial charge in [0.05, 0.1) is 0 Å². The smallest absolute Gasteiger partial charge is 0.0460 e. The van der Waals surface area contributed by atoms with Crippen LogP contribution in [0.25, 0.3) is 0 Å². The average Bonchev–Trinajstić information content (AvgIpc) is 2.29. The quantitative estimate of drug-likeness (QED) is 0.784. The van der Waals surface area contributed by atoms with Crippen molar-refractivity contribution in [3.63, 3.8) is 0 Å². The molecule has 1 aromatic heterocycles. The number of pyridine rings is 1. The SMILES string of the molecule is CC(C)(C)c1cccc(C2CCNCC2)n1. The molecule has 1 aromatic rings. The van der Waals surface area contributed by atoms with Gasteiger partial charge in [-0.2, -0.15) is 0 Å². The van der Waals surface area contributed by atoms with Crippen molar-refractivity contribution in [1.82, 2.24) is 10.3 Å². The van der Waals surface area contributed by atoms with E-state index >= 15 is 0 Å². The molecule has 0 unspecified atom stereocenters. The van der Waals surface area contributed by atoms with Gasteiger partial charge in [-0.25, -0.2) is 0 Å². The fourth-order valence-corrected chi connectivity index (χ4v) is 2.21. The Balaban J connectivity index is 2.21. The highest BCUT2D eigenvalue weighted by Crippen LogP contribution is 2.26. The van der Waals surface area contributed by atoms with Gasteiger partial charge < -0.3 is 5.32 Å². The van der Waals surface area contributed by atoms with E-state index in [9.17, 15) is 0 Å². The molecule has 0 aromatic carbocycles. The van der Waals surface area contributed by atoms with E-state index in [0.29, 0.717) is 5.92 Å². The summed E-state index contributed by atoms with van der Waals surface area (Å²) in [4.78, 5) is 4.84. The van der Waals surface area contributed by atoms with Gasteiger partial charge in [0.15, 0.2) is 0 Å². The molecule has 0 atom stereocenters. The van der Waals surface area contributed by atoms with Gasteiger partial charge in [-0.3, -0.25) is 4.98 Å². The summed E-state index contributed by atoms with van der Waals surface area (Å²) >= 11 is 0. The van der Waals surface area contributed by atoms with Crippen molar-refractivity contribution in [2.45, 2.75) is 44.9 Å². The molecule has 2 heteroatoms. The van der Waals surface area contributed by atoms with Crippen LogP contribution in [-0.2, 0) is 5.41 Å². The molecular formula is C14H22N2. The van der Waals surface area contributed by atoms with Gasteiger partial charge >= 0.3 is 0 Å². The molecule has 0 bridgehead atoms. The molecule has 0 saturated carbocycles. The lowest BCUT2D eigenvalue weighted by molar-refractivity contribution is 0.449. The van der Waals surface area contributed by atoms with Gasteiger partial charge in [0, 0.05) is 22.7 Å². The third-order valence-electron chi connectivity index (χ3n) is 3.30. The van der Waals surface area contributed by atoms with Crippen molar-refractivity contribution in [3.8, 4) is 0 Å². The largest absolute Gasteiger partial charge is 0.317 e. The van der Waals surface area contributed by atoms with Gasteiger partial charge in [-0.1, -0.05) is 26.8 Å². The van der Waals surface area contributed by atoms with Crippen LogP contribution in [0, 0.1) is 0 Å². The Morgan fingerprint density at radius 1 is 1.19 bits per heavy atom. The van der Waals surface area contributed by atoms with Crippen molar-refractivity contribution < 1.29 is 0 Å². The van der Waals surface area contributed by atoms with Crippen LogP contribution in [0.5, 0.6) is 0 Å². The maximum atomic E-state index is 4.84. The topological polar surface area (TPSA) is 24.9 Å². The molecule has 16 heavy (non-hydrogen) atoms. The standard InChI is InChI=1S/C14H22N2/c1-14(2,3)13-6-4-5-12(16-13)11-7-9-15-10-8-11/h4-6,11,15H,7-10H2,1-3H3. The average molecular weight is 218 g/mol. The van der Waals surface area contributed by atoms with Crippen LogP contribution >= 0.6 is 0 Å². The summed E-state index contributed by atoms with van der Waals surface area (Å²) in [5.41, 5.74) is 2.65. The molecule has 1 aliphatic rings. The first-order valence-corrected chi connectivity index (χ1v) is 6.25. The van der Waals surface area contributed by atoms with E-state index in [4.69, 9.17) is 4.98 Å². The van der Waals surface area contributed by atoms with E-state index < -0.39 is 0 Å². The first-order valence-electron chi connectivity index (χ1n) is 6.25. The lowest BCUT2D eigenvalue weighted by Gasteiger charge is -2.24. The van der Waals surface area contributed by atoms with Gasteiger partial charge in [-0.15, -0.1) is 0 Å². The highest BCUT2D eigenvalue weighted by atomic mass is 14.9. The van der Waals surface area contributed by atoms with Crippen LogP contribution in [0.4, 0.5) is 0 Å². The molecule has 88 valence electrons. The van der Waals surface area contributed by atoms with Crippen molar-refractivity contribution in [3.05, 3.63) is 29.6 Å². The second-order valence-corrected chi connectivity index (χ2v) is 5.72. The summed E-state index contributed by atoms with van der Waals surface area (Å²) in [6, 6.07) is 6.49. The molecule has 0 amide bonds. The second-order valence-electron chi connectivity index (χ2n) is 5.72. The number of hydrogen-bond donors (Lipinski definition) is 1. The van der Waals surface area contributed by atoms with E-state index in [2.05, 4.69) is 44.3 Å². The van der Waals surface area contributed by atoms with Gasteiger partial charge in [0.25, 0.3) is 0 Å². The number of hydrogen-bond acceptors (Lipinski definition) is 2. The molecule has 0 aliphatic carbocycles. The molecule has 1 fully saturated rings. The molecule has 2 heterocycles. The number of rotatable bonds is 1. The first kappa shape index (κ1) is 11.6. The normalized spacial score (nSPS) is 18.7. The fourth-order valence-electron chi connectivity index (χ4n) is 2.21. The summed E-state index contributed by atoms with van der Waals surface area (Å²) in [5, 5.41) is 3.40. The van der Waals surface area contributed by atoms with Crippen LogP contribution in [0.15, 0.2) is 18.2 Å². The zero-order chi connectivity index (χ0) is 11.6. The Bertz CT molecular complexity index is 346. The minimum atomic E-state index is 0.156. The summed E-state index contributed by atoms with van der Waals surface area (Å²) in [6.45, 7) is 8.93. The van der Waals surface area contributed by atoms with E-state index in [0.717, 1.165) is 13.1 Å². The minimum absolute atomic E-state index is 0.156. The van der Waals surface area contributed by atoms with Crippen molar-refractivity contribution in [2.75, 3.05) is 13.1 Å². The van der Waals surface area contributed by atoms with Crippen LogP contribution in [0.3, 0.4) is 0 Å². The van der Waals surface area contributed by atoms with E-state index in [1.54, 1.807) is 0 Å². The minimum Gasteiger partial charge on any atom is -0.317 e. The third kappa shape index (κ3) is 2.62. The number of piperidine rings is 1. The zero-order valence-electron chi connectivity index (χ0n) is 10.6. The van der Waals surface area contributed by atoms with Gasteiger partial charge in [-0.05, 0) is 38.1 Å². The highest BCUT2D eigenvalue weighted by Gasteiger charge is 2.20. The summed E-state index contributed by atoms with van der Waals surface area (Å²) < 4.78 is 0. The Kier molecular flexibility index (Phi) is 3.29. The molecule has 0 spiro atoms. The van der Waals surface area contributed by atoms with E-state index in [1.807, 2.05) is 0 Å². The summed E-state index contributed by atoms with van der Waals surface area (Å²) in [7, 11) is 0. The van der Waals surface area contributed by atoms with Crippen LogP contribution in [-0.4, -0.2) is 18.1 Å². The van der Waals surface area contributed by atoms with Crippen LogP contribution in [0.2, 0.25) is 0 Å². The summed E-state index contributed by atoms with van der Waals surface area (Å²) in [6.07, 6.45) is 2.45. The second kappa shape index (κ2) is 4.54. The fraction of sp³-hybridized carbons (Fsp3) is 0.643. The summed E-state index contributed by atoms with van der Waals surface area (Å²) in [5.74, 6) is 0.656. The predicted molar refractivity (Wildman–Crippen MR) is 67.8 cm³/mol. The lowest BCUT2D eigenvalue weighted by atomic mass is 9.89. The third-order valence-corrected chi connectivity index (χ3v) is 3.30. The number of aromatic nitrogens is 1. The van der Waals surface area contributed by atoms with Gasteiger partial charge in [0.2, 0.25) is 0 Å². The number of nitrogens with zero attached hydrogens (tertiary/aromatic N) is 1. The maximum absolute atomic E-state index is 4.84. The Morgan fingerprint density at radius 3 is 2.50 bits per heavy atom. The molecule has 1 aliphatic heterocycles. The van der Waals surface area contributed by atoms with Crippen LogP contribution < -0.4 is 5.32 Å². The maximum Gasteiger partial charge on any atom is 0.0460 e. The lowest BCUT2D eigenvalue weighted by Crippen LogP contribution is -2.27. The highest BCUT2D eigenvalue weighted by molar-refractivity contribution is 5.20. The predicted octanol–water partition coefficient (Wildman–Crippen LogP) is 2.85.